The Balaban J connectivity index is 2.71. The topological polar surface area (TPSA) is 54.5 Å². The first-order valence-electron chi connectivity index (χ1n) is 6.00. The maximum atomic E-state index is 11.8. The molecule has 1 amide bonds. The summed E-state index contributed by atoms with van der Waals surface area (Å²) in [5.41, 5.74) is 0.202. The minimum Gasteiger partial charge on any atom is -0.443 e. The fourth-order valence-corrected chi connectivity index (χ4v) is 1.31. The molecule has 0 radical (unpaired) electrons. The molecule has 1 N–H and O–H groups in total. The van der Waals surface area contributed by atoms with E-state index in [1.54, 1.807) is 13.2 Å². The lowest BCUT2D eigenvalue weighted by molar-refractivity contribution is 0.0589. The van der Waals surface area contributed by atoms with E-state index in [1.807, 2.05) is 39.8 Å². The second-order valence-corrected chi connectivity index (χ2v) is 4.97. The van der Waals surface area contributed by atoms with Gasteiger partial charge in [0, 0.05) is 13.6 Å². The van der Waals surface area contributed by atoms with Crippen LogP contribution in [0.3, 0.4) is 0 Å². The Morgan fingerprint density at radius 3 is 2.56 bits per heavy atom. The maximum Gasteiger partial charge on any atom is 0.414 e. The minimum absolute atomic E-state index is 0.388. The smallest absolute Gasteiger partial charge is 0.414 e. The number of hydrogen-bond acceptors (Lipinski definition) is 4. The summed E-state index contributed by atoms with van der Waals surface area (Å²) in [4.78, 5) is 17.5. The molecule has 5 nitrogen and oxygen atoms in total. The summed E-state index contributed by atoms with van der Waals surface area (Å²) in [5, 5.41) is 3.10. The average Bonchev–Trinajstić information content (AvgIpc) is 2.27. The molecular weight excluding hydrogens is 230 g/mol. The molecule has 0 aromatic carbocycles. The van der Waals surface area contributed by atoms with Crippen LogP contribution in [0.1, 0.15) is 27.7 Å². The molecule has 1 rings (SSSR count). The van der Waals surface area contributed by atoms with Crippen molar-refractivity contribution in [1.82, 2.24) is 4.98 Å². The van der Waals surface area contributed by atoms with Gasteiger partial charge >= 0.3 is 6.09 Å². The van der Waals surface area contributed by atoms with Crippen molar-refractivity contribution in [1.29, 1.82) is 0 Å². The van der Waals surface area contributed by atoms with E-state index in [0.717, 1.165) is 12.4 Å². The van der Waals surface area contributed by atoms with Crippen LogP contribution in [0.15, 0.2) is 18.3 Å². The Bertz CT molecular complexity index is 396. The van der Waals surface area contributed by atoms with Gasteiger partial charge < -0.3 is 10.1 Å². The second kappa shape index (κ2) is 5.71. The number of carbonyl (C=O) groups is 1. The van der Waals surface area contributed by atoms with Crippen LogP contribution in [-0.4, -0.2) is 30.3 Å². The van der Waals surface area contributed by atoms with Gasteiger partial charge in [-0.2, -0.15) is 0 Å². The highest BCUT2D eigenvalue weighted by Gasteiger charge is 2.20. The molecule has 0 saturated heterocycles. The molecule has 18 heavy (non-hydrogen) atoms. The summed E-state index contributed by atoms with van der Waals surface area (Å²) in [6, 6.07) is 3.66. The predicted molar refractivity (Wildman–Crippen MR) is 73.0 cm³/mol. The molecule has 0 aliphatic heterocycles. The minimum atomic E-state index is -0.498. The maximum absolute atomic E-state index is 11.8. The molecule has 5 heteroatoms. The van der Waals surface area contributed by atoms with Crippen LogP contribution in [0.2, 0.25) is 0 Å². The Morgan fingerprint density at radius 1 is 1.44 bits per heavy atom. The van der Waals surface area contributed by atoms with Crippen molar-refractivity contribution in [3.8, 4) is 0 Å². The van der Waals surface area contributed by atoms with E-state index in [0.29, 0.717) is 5.69 Å². The van der Waals surface area contributed by atoms with Crippen molar-refractivity contribution < 1.29 is 9.53 Å². The quantitative estimate of drug-likeness (QED) is 0.897. The molecule has 1 aromatic heterocycles. The van der Waals surface area contributed by atoms with E-state index < -0.39 is 5.60 Å². The molecule has 100 valence electrons. The first-order chi connectivity index (χ1) is 8.33. The van der Waals surface area contributed by atoms with Crippen LogP contribution in [-0.2, 0) is 4.74 Å². The SMILES string of the molecule is CCNc1ccc(N(C)C(=O)OC(C)(C)C)cn1. The zero-order valence-electron chi connectivity index (χ0n) is 11.7. The molecule has 1 heterocycles. The van der Waals surface area contributed by atoms with Gasteiger partial charge in [-0.15, -0.1) is 0 Å². The van der Waals surface area contributed by atoms with Gasteiger partial charge in [0.2, 0.25) is 0 Å². The number of aromatic nitrogens is 1. The van der Waals surface area contributed by atoms with Gasteiger partial charge in [0.25, 0.3) is 0 Å². The van der Waals surface area contributed by atoms with Gasteiger partial charge in [-0.3, -0.25) is 4.90 Å². The molecule has 1 aromatic rings. The number of anilines is 2. The van der Waals surface area contributed by atoms with Crippen molar-refractivity contribution >= 4 is 17.6 Å². The lowest BCUT2D eigenvalue weighted by atomic mass is 10.2. The zero-order valence-corrected chi connectivity index (χ0v) is 11.7. The first kappa shape index (κ1) is 14.3. The number of hydrogen-bond donors (Lipinski definition) is 1. The van der Waals surface area contributed by atoms with Crippen LogP contribution in [0.5, 0.6) is 0 Å². The molecule has 0 saturated carbocycles. The summed E-state index contributed by atoms with van der Waals surface area (Å²) in [6.45, 7) is 8.33. The normalized spacial score (nSPS) is 10.9. The number of nitrogens with one attached hydrogen (secondary N) is 1. The van der Waals surface area contributed by atoms with Crippen molar-refractivity contribution in [3.05, 3.63) is 18.3 Å². The standard InChI is InChI=1S/C13H21N3O2/c1-6-14-11-8-7-10(9-15-11)16(5)12(17)18-13(2,3)4/h7-9H,6H2,1-5H3,(H,14,15). The van der Waals surface area contributed by atoms with E-state index in [-0.39, 0.29) is 6.09 Å². The number of nitrogens with zero attached hydrogens (tertiary/aromatic N) is 2. The monoisotopic (exact) mass is 251 g/mol. The van der Waals surface area contributed by atoms with Crippen molar-refractivity contribution in [3.63, 3.8) is 0 Å². The Morgan fingerprint density at radius 2 is 2.11 bits per heavy atom. The predicted octanol–water partition coefficient (Wildman–Crippen LogP) is 2.88. The van der Waals surface area contributed by atoms with Crippen LogP contribution in [0.25, 0.3) is 0 Å². The molecule has 0 aliphatic rings. The fourth-order valence-electron chi connectivity index (χ4n) is 1.31. The van der Waals surface area contributed by atoms with Crippen molar-refractivity contribution in [2.24, 2.45) is 0 Å². The number of amides is 1. The van der Waals surface area contributed by atoms with E-state index in [1.165, 1.54) is 4.90 Å². The Hall–Kier alpha value is -1.78. The summed E-state index contributed by atoms with van der Waals surface area (Å²) in [7, 11) is 1.66. The molecule has 0 aliphatic carbocycles. The lowest BCUT2D eigenvalue weighted by Crippen LogP contribution is -2.34. The van der Waals surface area contributed by atoms with E-state index in [9.17, 15) is 4.79 Å². The lowest BCUT2D eigenvalue weighted by Gasteiger charge is -2.24. The van der Waals surface area contributed by atoms with Gasteiger partial charge in [0.05, 0.1) is 11.9 Å². The highest BCUT2D eigenvalue weighted by molar-refractivity contribution is 5.87. The van der Waals surface area contributed by atoms with Gasteiger partial charge in [-0.25, -0.2) is 9.78 Å². The van der Waals surface area contributed by atoms with E-state index in [2.05, 4.69) is 10.3 Å². The number of ether oxygens (including phenoxy) is 1. The molecule has 0 unspecified atom stereocenters. The summed E-state index contributed by atoms with van der Waals surface area (Å²) >= 11 is 0. The highest BCUT2D eigenvalue weighted by atomic mass is 16.6. The van der Waals surface area contributed by atoms with Gasteiger partial charge in [0.15, 0.2) is 0 Å². The summed E-state index contributed by atoms with van der Waals surface area (Å²) in [6.07, 6.45) is 1.25. The highest BCUT2D eigenvalue weighted by Crippen LogP contribution is 2.17. The van der Waals surface area contributed by atoms with Crippen molar-refractivity contribution in [2.45, 2.75) is 33.3 Å². The summed E-state index contributed by atoms with van der Waals surface area (Å²) in [5.74, 6) is 0.791. The third-order valence-corrected chi connectivity index (χ3v) is 2.16. The van der Waals surface area contributed by atoms with Gasteiger partial charge in [-0.05, 0) is 39.8 Å². The number of pyridine rings is 1. The van der Waals surface area contributed by atoms with E-state index in [4.69, 9.17) is 4.74 Å². The largest absolute Gasteiger partial charge is 0.443 e. The number of rotatable bonds is 3. The van der Waals surface area contributed by atoms with Crippen LogP contribution >= 0.6 is 0 Å². The first-order valence-corrected chi connectivity index (χ1v) is 6.00. The van der Waals surface area contributed by atoms with Gasteiger partial charge in [-0.1, -0.05) is 0 Å². The third-order valence-electron chi connectivity index (χ3n) is 2.16. The van der Waals surface area contributed by atoms with Crippen LogP contribution in [0.4, 0.5) is 16.3 Å². The Kier molecular flexibility index (Phi) is 4.53. The summed E-state index contributed by atoms with van der Waals surface area (Å²) < 4.78 is 5.28. The molecule has 0 atom stereocenters. The molecule has 0 spiro atoms. The molecular formula is C13H21N3O2. The van der Waals surface area contributed by atoms with E-state index >= 15 is 0 Å². The van der Waals surface area contributed by atoms with Crippen molar-refractivity contribution in [2.75, 3.05) is 23.8 Å². The molecule has 0 bridgehead atoms. The average molecular weight is 251 g/mol. The number of carbonyl (C=O) groups excluding carboxylic acids is 1. The fraction of sp³-hybridized carbons (Fsp3) is 0.538. The van der Waals surface area contributed by atoms with Gasteiger partial charge in [0.1, 0.15) is 11.4 Å². The van der Waals surface area contributed by atoms with Crippen LogP contribution in [0, 0.1) is 0 Å². The Labute approximate surface area is 108 Å². The van der Waals surface area contributed by atoms with Crippen LogP contribution < -0.4 is 10.2 Å². The molecule has 0 fully saturated rings. The third kappa shape index (κ3) is 4.24. The zero-order chi connectivity index (χ0) is 13.8. The second-order valence-electron chi connectivity index (χ2n) is 4.97.